The highest BCUT2D eigenvalue weighted by molar-refractivity contribution is 5.92. The molecule has 0 spiro atoms. The fourth-order valence-electron chi connectivity index (χ4n) is 1.78. The Bertz CT molecular complexity index is 532. The van der Waals surface area contributed by atoms with Gasteiger partial charge in [-0.05, 0) is 19.9 Å². The quantitative estimate of drug-likeness (QED) is 0.597. The van der Waals surface area contributed by atoms with Crippen LogP contribution in [-0.4, -0.2) is 47.3 Å². The number of nitrogens with zero attached hydrogens (tertiary/aromatic N) is 3. The smallest absolute Gasteiger partial charge is 0.307 e. The van der Waals surface area contributed by atoms with Gasteiger partial charge in [0.15, 0.2) is 0 Å². The van der Waals surface area contributed by atoms with Crippen molar-refractivity contribution >= 4 is 18.0 Å². The molecule has 6 nitrogen and oxygen atoms in total. The van der Waals surface area contributed by atoms with Crippen molar-refractivity contribution in [2.45, 2.75) is 20.3 Å². The maximum atomic E-state index is 11.9. The summed E-state index contributed by atoms with van der Waals surface area (Å²) < 4.78 is 6.32. The van der Waals surface area contributed by atoms with Crippen LogP contribution in [0.25, 0.3) is 6.08 Å². The van der Waals surface area contributed by atoms with Crippen molar-refractivity contribution < 1.29 is 14.3 Å². The van der Waals surface area contributed by atoms with Gasteiger partial charge in [0.2, 0.25) is 5.91 Å². The van der Waals surface area contributed by atoms with Gasteiger partial charge in [-0.15, -0.1) is 0 Å². The van der Waals surface area contributed by atoms with Gasteiger partial charge in [0, 0.05) is 38.0 Å². The second-order valence-corrected chi connectivity index (χ2v) is 4.63. The lowest BCUT2D eigenvalue weighted by atomic mass is 10.2. The summed E-state index contributed by atoms with van der Waals surface area (Å²) >= 11 is 0. The largest absolute Gasteiger partial charge is 0.469 e. The first-order chi connectivity index (χ1) is 9.36. The van der Waals surface area contributed by atoms with E-state index < -0.39 is 0 Å². The van der Waals surface area contributed by atoms with Gasteiger partial charge in [0.05, 0.1) is 19.2 Å². The Hall–Kier alpha value is -2.11. The predicted octanol–water partition coefficient (Wildman–Crippen LogP) is 1.07. The van der Waals surface area contributed by atoms with E-state index in [-0.39, 0.29) is 18.3 Å². The molecule has 0 N–H and O–H groups in total. The van der Waals surface area contributed by atoms with Gasteiger partial charge >= 0.3 is 5.97 Å². The molecule has 0 aliphatic rings. The molecular weight excluding hydrogens is 258 g/mol. The Morgan fingerprint density at radius 1 is 1.40 bits per heavy atom. The summed E-state index contributed by atoms with van der Waals surface area (Å²) in [5, 5.41) is 4.28. The highest BCUT2D eigenvalue weighted by Gasteiger charge is 2.10. The zero-order valence-electron chi connectivity index (χ0n) is 12.6. The van der Waals surface area contributed by atoms with E-state index in [9.17, 15) is 9.59 Å². The zero-order chi connectivity index (χ0) is 15.3. The van der Waals surface area contributed by atoms with Gasteiger partial charge in [-0.1, -0.05) is 0 Å². The molecule has 0 unspecified atom stereocenters. The summed E-state index contributed by atoms with van der Waals surface area (Å²) in [5.74, 6) is -0.482. The van der Waals surface area contributed by atoms with Crippen LogP contribution < -0.4 is 0 Å². The van der Waals surface area contributed by atoms with Gasteiger partial charge in [-0.3, -0.25) is 14.3 Å². The maximum Gasteiger partial charge on any atom is 0.307 e. The lowest BCUT2D eigenvalue weighted by Gasteiger charge is -2.13. The average molecular weight is 279 g/mol. The summed E-state index contributed by atoms with van der Waals surface area (Å²) in [4.78, 5) is 24.4. The lowest BCUT2D eigenvalue weighted by molar-refractivity contribution is -0.141. The van der Waals surface area contributed by atoms with E-state index in [1.54, 1.807) is 17.8 Å². The van der Waals surface area contributed by atoms with Crippen molar-refractivity contribution in [3.8, 4) is 0 Å². The number of ether oxygens (including phenoxy) is 1. The van der Waals surface area contributed by atoms with E-state index in [4.69, 9.17) is 0 Å². The molecule has 0 bridgehead atoms. The molecule has 110 valence electrons. The number of methoxy groups -OCH3 is 1. The van der Waals surface area contributed by atoms with Crippen LogP contribution in [0.1, 0.15) is 23.4 Å². The monoisotopic (exact) mass is 279 g/mol. The van der Waals surface area contributed by atoms with Crippen molar-refractivity contribution in [2.75, 3.05) is 20.7 Å². The number of hydrogen-bond acceptors (Lipinski definition) is 4. The van der Waals surface area contributed by atoms with Crippen LogP contribution in [0, 0.1) is 13.8 Å². The number of esters is 1. The molecule has 0 radical (unpaired) electrons. The summed E-state index contributed by atoms with van der Waals surface area (Å²) in [6, 6.07) is 0. The Morgan fingerprint density at radius 2 is 2.05 bits per heavy atom. The highest BCUT2D eigenvalue weighted by atomic mass is 16.5. The number of hydrogen-bond donors (Lipinski definition) is 0. The Labute approximate surface area is 119 Å². The highest BCUT2D eigenvalue weighted by Crippen LogP contribution is 2.13. The summed E-state index contributed by atoms with van der Waals surface area (Å²) in [7, 11) is 4.85. The molecule has 1 aromatic heterocycles. The normalized spacial score (nSPS) is 10.8. The maximum absolute atomic E-state index is 11.9. The van der Waals surface area contributed by atoms with Gasteiger partial charge in [-0.2, -0.15) is 5.10 Å². The van der Waals surface area contributed by atoms with Crippen LogP contribution >= 0.6 is 0 Å². The van der Waals surface area contributed by atoms with Gasteiger partial charge in [0.1, 0.15) is 0 Å². The molecule has 0 atom stereocenters. The first-order valence-electron chi connectivity index (χ1n) is 6.37. The molecule has 0 fully saturated rings. The Morgan fingerprint density at radius 3 is 2.55 bits per heavy atom. The first-order valence-corrected chi connectivity index (χ1v) is 6.37. The molecule has 0 aliphatic carbocycles. The molecule has 0 aromatic carbocycles. The summed E-state index contributed by atoms with van der Waals surface area (Å²) in [5.41, 5.74) is 2.83. The van der Waals surface area contributed by atoms with Crippen molar-refractivity contribution in [2.24, 2.45) is 7.05 Å². The fraction of sp³-hybridized carbons (Fsp3) is 0.500. The Balaban J connectivity index is 2.65. The second-order valence-electron chi connectivity index (χ2n) is 4.63. The molecule has 0 saturated heterocycles. The Kier molecular flexibility index (Phi) is 5.49. The van der Waals surface area contributed by atoms with Crippen LogP contribution in [0.3, 0.4) is 0 Å². The van der Waals surface area contributed by atoms with Crippen molar-refractivity contribution in [1.82, 2.24) is 14.7 Å². The van der Waals surface area contributed by atoms with E-state index in [0.29, 0.717) is 6.54 Å². The zero-order valence-corrected chi connectivity index (χ0v) is 12.6. The van der Waals surface area contributed by atoms with Crippen molar-refractivity contribution in [3.05, 3.63) is 23.0 Å². The van der Waals surface area contributed by atoms with Gasteiger partial charge < -0.3 is 9.64 Å². The molecule has 0 aliphatic heterocycles. The minimum Gasteiger partial charge on any atom is -0.469 e. The van der Waals surface area contributed by atoms with E-state index in [2.05, 4.69) is 9.84 Å². The van der Waals surface area contributed by atoms with Crippen LogP contribution in [0.2, 0.25) is 0 Å². The topological polar surface area (TPSA) is 64.4 Å². The lowest BCUT2D eigenvalue weighted by Crippen LogP contribution is -2.27. The standard InChI is InChI=1S/C14H21N3O3/c1-10-12(11(2)17(4)15-10)6-7-13(18)16(3)9-8-14(19)20-5/h6-7H,8-9H2,1-5H3. The predicted molar refractivity (Wildman–Crippen MR) is 76.0 cm³/mol. The molecule has 1 rings (SSSR count). The van der Waals surface area contributed by atoms with E-state index in [1.165, 1.54) is 18.1 Å². The van der Waals surface area contributed by atoms with E-state index >= 15 is 0 Å². The molecule has 1 heterocycles. The van der Waals surface area contributed by atoms with Crippen LogP contribution in [0.4, 0.5) is 0 Å². The van der Waals surface area contributed by atoms with Crippen molar-refractivity contribution in [3.63, 3.8) is 0 Å². The van der Waals surface area contributed by atoms with Crippen LogP contribution in [-0.2, 0) is 21.4 Å². The van der Waals surface area contributed by atoms with E-state index in [0.717, 1.165) is 17.0 Å². The average Bonchev–Trinajstić information content (AvgIpc) is 2.66. The van der Waals surface area contributed by atoms with E-state index in [1.807, 2.05) is 20.9 Å². The number of aromatic nitrogens is 2. The first kappa shape index (κ1) is 15.9. The number of aryl methyl sites for hydroxylation is 2. The number of amides is 1. The number of carbonyl (C=O) groups is 2. The SMILES string of the molecule is COC(=O)CCN(C)C(=O)C=Cc1c(C)nn(C)c1C. The van der Waals surface area contributed by atoms with Gasteiger partial charge in [-0.25, -0.2) is 0 Å². The van der Waals surface area contributed by atoms with Crippen LogP contribution in [0.5, 0.6) is 0 Å². The van der Waals surface area contributed by atoms with Crippen LogP contribution in [0.15, 0.2) is 6.08 Å². The number of carbonyl (C=O) groups excluding carboxylic acids is 2. The molecule has 1 amide bonds. The third-order valence-corrected chi connectivity index (χ3v) is 3.21. The fourth-order valence-corrected chi connectivity index (χ4v) is 1.78. The number of likely N-dealkylation sites (N-methyl/N-ethyl adjacent to an activating group) is 1. The third-order valence-electron chi connectivity index (χ3n) is 3.21. The summed E-state index contributed by atoms with van der Waals surface area (Å²) in [6.45, 7) is 4.18. The second kappa shape index (κ2) is 6.88. The van der Waals surface area contributed by atoms with Gasteiger partial charge in [0.25, 0.3) is 0 Å². The molecular formula is C14H21N3O3. The number of rotatable bonds is 5. The minimum atomic E-state index is -0.326. The van der Waals surface area contributed by atoms with Crippen molar-refractivity contribution in [1.29, 1.82) is 0 Å². The molecule has 20 heavy (non-hydrogen) atoms. The molecule has 1 aromatic rings. The third kappa shape index (κ3) is 3.94. The molecule has 6 heteroatoms. The molecule has 0 saturated carbocycles. The summed E-state index contributed by atoms with van der Waals surface area (Å²) in [6.07, 6.45) is 3.44. The minimum absolute atomic E-state index is 0.156.